The first-order valence-corrected chi connectivity index (χ1v) is 43.2. The second kappa shape index (κ2) is 63.9. The molecule has 35 nitrogen and oxygen atoms in total. The number of rotatable bonds is 80. The van der Waals surface area contributed by atoms with Crippen LogP contribution in [0.1, 0.15) is 188 Å². The van der Waals surface area contributed by atoms with Gasteiger partial charge in [-0.25, -0.2) is 0 Å². The highest BCUT2D eigenvalue weighted by Gasteiger charge is 2.61. The first-order chi connectivity index (χ1) is 58.3. The second-order valence-electron chi connectivity index (χ2n) is 33.2. The summed E-state index contributed by atoms with van der Waals surface area (Å²) in [4.78, 5) is 152. The molecule has 35 heteroatoms. The smallest absolute Gasteiger partial charge is 0.311 e. The summed E-state index contributed by atoms with van der Waals surface area (Å²) in [5.74, 6) is -9.04. The summed E-state index contributed by atoms with van der Waals surface area (Å²) >= 11 is 0. The molecule has 10 unspecified atom stereocenters. The number of carbonyl (C=O) groups excluding carboxylic acids is 10. The molecule has 0 heterocycles. The fourth-order valence-corrected chi connectivity index (χ4v) is 16.1. The molecule has 0 bridgehead atoms. The van der Waals surface area contributed by atoms with E-state index in [-0.39, 0.29) is 158 Å². The van der Waals surface area contributed by atoms with Gasteiger partial charge in [0.25, 0.3) is 0 Å². The Balaban J connectivity index is 9.44. The number of hydrogen-bond acceptors (Lipinski definition) is 35. The van der Waals surface area contributed by atoms with Crippen molar-refractivity contribution in [2.75, 3.05) is 267 Å². The van der Waals surface area contributed by atoms with Crippen LogP contribution < -0.4 is 0 Å². The standard InChI is InChI=1S/C88H158O35/c1-23-79(8,69(89)99-18)60-81(10,70(90)100-19)62-82(11,71(91)101-20)63-83(12,72(92)102-21)64-84(13,73(93)103-22)65-86(15,76(96)121-57-52-116-47-42-111-37-32-106-27-5)67-88(17,78(98)123-59-54-118-49-44-113-39-34-108-29-7)68-87(16,77(97)122-58-53-117-48-43-112-38-33-107-28-6)66-85(14,75(95)120-56-51-115-46-41-110-36-31-105-26-4)61-80(9,24-2)74(94)119-55-50-114-45-40-109-35-30-104-25-3/h23-68H2,1-22H3. The SMILES string of the molecule is CCOCCOCCOCCOC(=O)C(C)(CC)CC(C)(CC(C)(CC(C)(CC(C)(CC(C)(CC(C)(CC(C)(CC(C)(CC(C)(CC)C(=O)OC)C(=O)OC)C(=O)OC)C(=O)OC)C(=O)OC)C(=O)OCCOCCOCCOCC)C(=O)OCCOCCOCCOCC)C(=O)OCCOCCOCCOCC)C(=O)OCCOCCOCCOCC. The van der Waals surface area contributed by atoms with Crippen molar-refractivity contribution < 1.29 is 166 Å². The molecule has 0 saturated carbocycles. The van der Waals surface area contributed by atoms with Crippen LogP contribution in [0.25, 0.3) is 0 Å². The van der Waals surface area contributed by atoms with E-state index in [0.717, 1.165) is 28.4 Å². The average molecular weight is 1780 g/mol. The van der Waals surface area contributed by atoms with Crippen molar-refractivity contribution in [2.45, 2.75) is 188 Å². The lowest BCUT2D eigenvalue weighted by molar-refractivity contribution is -0.177. The molecule has 0 aliphatic carbocycles. The molecule has 10 atom stereocenters. The highest BCUT2D eigenvalue weighted by atomic mass is 16.6. The Labute approximate surface area is 732 Å². The van der Waals surface area contributed by atoms with Crippen molar-refractivity contribution in [2.24, 2.45) is 54.1 Å². The van der Waals surface area contributed by atoms with Crippen molar-refractivity contribution in [3.8, 4) is 0 Å². The van der Waals surface area contributed by atoms with Gasteiger partial charge < -0.3 is 118 Å². The molecule has 0 amide bonds. The van der Waals surface area contributed by atoms with E-state index in [1.54, 1.807) is 27.7 Å². The summed E-state index contributed by atoms with van der Waals surface area (Å²) < 4.78 is 142. The van der Waals surface area contributed by atoms with Crippen LogP contribution in [0.4, 0.5) is 0 Å². The van der Waals surface area contributed by atoms with Crippen LogP contribution in [0, 0.1) is 54.1 Å². The predicted molar refractivity (Wildman–Crippen MR) is 449 cm³/mol. The quantitative estimate of drug-likeness (QED) is 0.0311. The van der Waals surface area contributed by atoms with Gasteiger partial charge in [-0.05, 0) is 174 Å². The van der Waals surface area contributed by atoms with Crippen LogP contribution in [-0.4, -0.2) is 326 Å². The van der Waals surface area contributed by atoms with Gasteiger partial charge in [0.1, 0.15) is 33.0 Å². The number of hydrogen-bond donors (Lipinski definition) is 0. The van der Waals surface area contributed by atoms with Gasteiger partial charge in [0.05, 0.1) is 255 Å². The lowest BCUT2D eigenvalue weighted by atomic mass is 9.56. The van der Waals surface area contributed by atoms with E-state index in [0.29, 0.717) is 85.9 Å². The van der Waals surface area contributed by atoms with E-state index >= 15 is 28.8 Å². The minimum Gasteiger partial charge on any atom is -0.469 e. The van der Waals surface area contributed by atoms with Gasteiger partial charge in [-0.3, -0.25) is 47.9 Å². The third-order valence-corrected chi connectivity index (χ3v) is 21.5. The van der Waals surface area contributed by atoms with Gasteiger partial charge in [0, 0.05) is 33.0 Å². The summed E-state index contributed by atoms with van der Waals surface area (Å²) in [6.45, 7) is 32.5. The Morgan fingerprint density at radius 2 is 0.260 bits per heavy atom. The maximum absolute atomic E-state index is 16.2. The molecular weight excluding hydrogens is 1620 g/mol. The lowest BCUT2D eigenvalue weighted by Crippen LogP contribution is -2.51. The van der Waals surface area contributed by atoms with Crippen molar-refractivity contribution in [3.05, 3.63) is 0 Å². The third-order valence-electron chi connectivity index (χ3n) is 21.5. The summed E-state index contributed by atoms with van der Waals surface area (Å²) in [6.07, 6.45) is -4.50. The van der Waals surface area contributed by atoms with Crippen molar-refractivity contribution in [1.29, 1.82) is 0 Å². The number of carbonyl (C=O) groups is 10. The maximum atomic E-state index is 16.2. The molecule has 0 fully saturated rings. The second-order valence-corrected chi connectivity index (χ2v) is 33.2. The molecule has 0 spiro atoms. The van der Waals surface area contributed by atoms with E-state index < -0.39 is 172 Å². The first-order valence-electron chi connectivity index (χ1n) is 43.2. The monoisotopic (exact) mass is 1780 g/mol. The van der Waals surface area contributed by atoms with Gasteiger partial charge in [0.2, 0.25) is 0 Å². The molecule has 0 aliphatic heterocycles. The molecule has 0 aromatic rings. The van der Waals surface area contributed by atoms with Crippen molar-refractivity contribution in [1.82, 2.24) is 0 Å². The molecule has 0 N–H and O–H groups in total. The largest absolute Gasteiger partial charge is 0.469 e. The van der Waals surface area contributed by atoms with Gasteiger partial charge in [0.15, 0.2) is 0 Å². The molecule has 720 valence electrons. The van der Waals surface area contributed by atoms with Gasteiger partial charge in [-0.2, -0.15) is 0 Å². The van der Waals surface area contributed by atoms with Crippen molar-refractivity contribution >= 4 is 59.7 Å². The van der Waals surface area contributed by atoms with Crippen LogP contribution in [-0.2, 0) is 166 Å². The molecule has 0 radical (unpaired) electrons. The lowest BCUT2D eigenvalue weighted by Gasteiger charge is -2.47. The molecular formula is C88H158O35. The highest BCUT2D eigenvalue weighted by Crippen LogP contribution is 2.57. The Bertz CT molecular complexity index is 2960. The molecule has 0 saturated heterocycles. The zero-order valence-corrected chi connectivity index (χ0v) is 78.8. The Kier molecular flexibility index (Phi) is 60.9. The van der Waals surface area contributed by atoms with E-state index in [9.17, 15) is 19.2 Å². The van der Waals surface area contributed by atoms with E-state index in [2.05, 4.69) is 0 Å². The normalized spacial score (nSPS) is 16.6. The summed E-state index contributed by atoms with van der Waals surface area (Å²) in [5, 5.41) is 0. The van der Waals surface area contributed by atoms with Crippen LogP contribution in [0.5, 0.6) is 0 Å². The van der Waals surface area contributed by atoms with E-state index in [1.807, 2.05) is 34.6 Å². The van der Waals surface area contributed by atoms with Crippen LogP contribution in [0.3, 0.4) is 0 Å². The maximum Gasteiger partial charge on any atom is 0.311 e. The summed E-state index contributed by atoms with van der Waals surface area (Å²) in [5.41, 5.74) is -18.9. The number of ether oxygens (including phenoxy) is 25. The molecule has 0 rings (SSSR count). The average Bonchev–Trinajstić information content (AvgIpc) is 0.755. The predicted octanol–water partition coefficient (Wildman–Crippen LogP) is 9.31. The molecule has 0 aliphatic rings. The Hall–Kier alpha value is -5.90. The van der Waals surface area contributed by atoms with Gasteiger partial charge in [-0.15, -0.1) is 0 Å². The number of methoxy groups -OCH3 is 5. The van der Waals surface area contributed by atoms with Crippen molar-refractivity contribution in [3.63, 3.8) is 0 Å². The topological polar surface area (TPSA) is 401 Å². The minimum absolute atomic E-state index is 0.0166. The third kappa shape index (κ3) is 44.6. The van der Waals surface area contributed by atoms with E-state index in [1.165, 1.54) is 62.5 Å². The highest BCUT2D eigenvalue weighted by molar-refractivity contribution is 5.88. The summed E-state index contributed by atoms with van der Waals surface area (Å²) in [7, 11) is 5.67. The first kappa shape index (κ1) is 117. The Morgan fingerprint density at radius 1 is 0.154 bits per heavy atom. The van der Waals surface area contributed by atoms with Crippen LogP contribution in [0.15, 0.2) is 0 Å². The van der Waals surface area contributed by atoms with Gasteiger partial charge >= 0.3 is 59.7 Å². The zero-order valence-electron chi connectivity index (χ0n) is 78.8. The fraction of sp³-hybridized carbons (Fsp3) is 0.886. The zero-order chi connectivity index (χ0) is 93.0. The fourth-order valence-electron chi connectivity index (χ4n) is 16.1. The summed E-state index contributed by atoms with van der Waals surface area (Å²) in [6, 6.07) is 0. The minimum atomic E-state index is -2.18. The molecule has 123 heavy (non-hydrogen) atoms. The van der Waals surface area contributed by atoms with Crippen LogP contribution in [0.2, 0.25) is 0 Å². The van der Waals surface area contributed by atoms with Gasteiger partial charge in [-0.1, -0.05) is 13.8 Å². The molecule has 0 aromatic carbocycles. The van der Waals surface area contributed by atoms with E-state index in [4.69, 9.17) is 118 Å². The molecule has 0 aromatic heterocycles. The number of esters is 10. The Morgan fingerprint density at radius 3 is 0.398 bits per heavy atom. The van der Waals surface area contributed by atoms with Crippen LogP contribution >= 0.6 is 0 Å².